The average molecular weight is 476 g/mol. The van der Waals surface area contributed by atoms with E-state index in [4.69, 9.17) is 4.42 Å². The lowest BCUT2D eigenvalue weighted by molar-refractivity contribution is -0.130. The molecule has 6 rings (SSSR count). The van der Waals surface area contributed by atoms with Crippen LogP contribution in [0.2, 0.25) is 0 Å². The van der Waals surface area contributed by atoms with E-state index in [1.807, 2.05) is 53.9 Å². The molecule has 0 saturated heterocycles. The summed E-state index contributed by atoms with van der Waals surface area (Å²) in [5.41, 5.74) is 1.82. The summed E-state index contributed by atoms with van der Waals surface area (Å²) in [5, 5.41) is 17.9. The summed E-state index contributed by atoms with van der Waals surface area (Å²) in [6.07, 6.45) is 4.53. The summed E-state index contributed by atoms with van der Waals surface area (Å²) in [4.78, 5) is 14.5. The Bertz CT molecular complexity index is 1280. The second kappa shape index (κ2) is 8.64. The number of hydrogen-bond donors (Lipinski definition) is 0. The minimum absolute atomic E-state index is 0.0597. The lowest BCUT2D eigenvalue weighted by Gasteiger charge is -2.20. The second-order valence-corrected chi connectivity index (χ2v) is 9.99. The van der Waals surface area contributed by atoms with Gasteiger partial charge in [-0.05, 0) is 48.6 Å². The number of benzene rings is 1. The van der Waals surface area contributed by atoms with Gasteiger partial charge in [0.15, 0.2) is 5.16 Å². The molecule has 2 aliphatic rings. The Labute approximate surface area is 199 Å². The Balaban J connectivity index is 1.25. The number of rotatable bonds is 7. The van der Waals surface area contributed by atoms with Crippen LogP contribution in [0.25, 0.3) is 5.69 Å². The lowest BCUT2D eigenvalue weighted by Crippen LogP contribution is -2.28. The Morgan fingerprint density at radius 3 is 2.70 bits per heavy atom. The maximum atomic E-state index is 13.4. The molecule has 1 saturated carbocycles. The fourth-order valence-electron chi connectivity index (χ4n) is 4.03. The fraction of sp³-hybridized carbons (Fsp3) is 0.250. The number of carbonyl (C=O) groups excluding carboxylic acids is 1. The summed E-state index contributed by atoms with van der Waals surface area (Å²) in [5.74, 6) is 2.30. The van der Waals surface area contributed by atoms with Crippen LogP contribution in [0.4, 0.5) is 0 Å². The standard InChI is InChI=1S/C24H21N5O2S2/c30-22(29-19(21-9-5-13-32-21)14-18(27-29)20-8-4-12-31-20)15-33-24-26-25-23(16-10-11-16)28(24)17-6-2-1-3-7-17/h1-9,12-13,16,19H,10-11,14-15H2. The van der Waals surface area contributed by atoms with E-state index in [1.165, 1.54) is 11.8 Å². The molecule has 33 heavy (non-hydrogen) atoms. The molecule has 1 aliphatic carbocycles. The number of aromatic nitrogens is 3. The van der Waals surface area contributed by atoms with E-state index in [9.17, 15) is 4.79 Å². The molecule has 166 valence electrons. The third-order valence-corrected chi connectivity index (χ3v) is 7.67. The van der Waals surface area contributed by atoms with Gasteiger partial charge in [-0.2, -0.15) is 5.10 Å². The van der Waals surface area contributed by atoms with Crippen LogP contribution >= 0.6 is 23.1 Å². The van der Waals surface area contributed by atoms with Gasteiger partial charge in [0.05, 0.1) is 18.1 Å². The van der Waals surface area contributed by atoms with Crippen molar-refractivity contribution in [3.8, 4) is 5.69 Å². The van der Waals surface area contributed by atoms with Gasteiger partial charge in [0.1, 0.15) is 17.3 Å². The van der Waals surface area contributed by atoms with Crippen molar-refractivity contribution in [3.05, 3.63) is 82.7 Å². The molecule has 9 heteroatoms. The number of nitrogens with zero attached hydrogens (tertiary/aromatic N) is 5. The normalized spacial score (nSPS) is 18.0. The van der Waals surface area contributed by atoms with Gasteiger partial charge in [0.25, 0.3) is 5.91 Å². The van der Waals surface area contributed by atoms with Gasteiger partial charge in [0, 0.05) is 22.9 Å². The van der Waals surface area contributed by atoms with Crippen molar-refractivity contribution in [1.29, 1.82) is 0 Å². The summed E-state index contributed by atoms with van der Waals surface area (Å²) in [6.45, 7) is 0. The maximum Gasteiger partial charge on any atom is 0.253 e. The van der Waals surface area contributed by atoms with Crippen molar-refractivity contribution in [2.45, 2.75) is 36.4 Å². The van der Waals surface area contributed by atoms with E-state index in [2.05, 4.69) is 25.9 Å². The first-order valence-electron chi connectivity index (χ1n) is 10.9. The number of hydrazone groups is 1. The minimum Gasteiger partial charge on any atom is -0.463 e. The van der Waals surface area contributed by atoms with Gasteiger partial charge in [-0.3, -0.25) is 9.36 Å². The molecule has 1 amide bonds. The molecular weight excluding hydrogens is 454 g/mol. The molecule has 1 unspecified atom stereocenters. The Hall–Kier alpha value is -3.17. The predicted molar refractivity (Wildman–Crippen MR) is 128 cm³/mol. The first-order chi connectivity index (χ1) is 16.3. The molecule has 0 radical (unpaired) electrons. The van der Waals surface area contributed by atoms with Crippen LogP contribution in [0, 0.1) is 0 Å². The zero-order valence-corrected chi connectivity index (χ0v) is 19.3. The van der Waals surface area contributed by atoms with Crippen molar-refractivity contribution < 1.29 is 9.21 Å². The van der Waals surface area contributed by atoms with Gasteiger partial charge in [-0.1, -0.05) is 36.0 Å². The number of para-hydroxylation sites is 1. The largest absolute Gasteiger partial charge is 0.463 e. The summed E-state index contributed by atoms with van der Waals surface area (Å²) >= 11 is 3.05. The van der Waals surface area contributed by atoms with Crippen LogP contribution in [0.3, 0.4) is 0 Å². The summed E-state index contributed by atoms with van der Waals surface area (Å²) in [7, 11) is 0. The van der Waals surface area contributed by atoms with Crippen molar-refractivity contribution in [3.63, 3.8) is 0 Å². The monoisotopic (exact) mass is 475 g/mol. The molecule has 7 nitrogen and oxygen atoms in total. The van der Waals surface area contributed by atoms with Crippen molar-refractivity contribution in [2.75, 3.05) is 5.75 Å². The smallest absolute Gasteiger partial charge is 0.253 e. The van der Waals surface area contributed by atoms with E-state index < -0.39 is 0 Å². The molecule has 0 N–H and O–H groups in total. The first kappa shape index (κ1) is 20.4. The zero-order valence-electron chi connectivity index (χ0n) is 17.7. The molecule has 4 aromatic rings. The predicted octanol–water partition coefficient (Wildman–Crippen LogP) is 5.27. The highest BCUT2D eigenvalue weighted by atomic mass is 32.2. The SMILES string of the molecule is O=C(CSc1nnc(C2CC2)n1-c1ccccc1)N1N=C(c2ccco2)CC1c1cccs1. The Morgan fingerprint density at radius 2 is 1.97 bits per heavy atom. The van der Waals surface area contributed by atoms with Crippen LogP contribution in [0.5, 0.6) is 0 Å². The first-order valence-corrected chi connectivity index (χ1v) is 12.7. The molecule has 1 fully saturated rings. The van der Waals surface area contributed by atoms with Crippen molar-refractivity contribution in [2.24, 2.45) is 5.10 Å². The number of furan rings is 1. The minimum atomic E-state index is -0.118. The van der Waals surface area contributed by atoms with Crippen LogP contribution < -0.4 is 0 Å². The van der Waals surface area contributed by atoms with E-state index in [0.29, 0.717) is 18.1 Å². The van der Waals surface area contributed by atoms with E-state index in [-0.39, 0.29) is 17.7 Å². The number of thiophene rings is 1. The molecule has 1 aromatic carbocycles. The number of hydrogen-bond acceptors (Lipinski definition) is 7. The quantitative estimate of drug-likeness (QED) is 0.340. The van der Waals surface area contributed by atoms with Crippen molar-refractivity contribution in [1.82, 2.24) is 19.8 Å². The number of amides is 1. The highest BCUT2D eigenvalue weighted by Crippen LogP contribution is 2.41. The van der Waals surface area contributed by atoms with E-state index in [1.54, 1.807) is 22.6 Å². The van der Waals surface area contributed by atoms with Crippen LogP contribution in [-0.4, -0.2) is 37.1 Å². The van der Waals surface area contributed by atoms with Gasteiger partial charge in [0.2, 0.25) is 0 Å². The summed E-state index contributed by atoms with van der Waals surface area (Å²) < 4.78 is 7.64. The van der Waals surface area contributed by atoms with Gasteiger partial charge >= 0.3 is 0 Å². The lowest BCUT2D eigenvalue weighted by atomic mass is 10.1. The third kappa shape index (κ3) is 4.02. The van der Waals surface area contributed by atoms with Gasteiger partial charge in [-0.25, -0.2) is 5.01 Å². The zero-order chi connectivity index (χ0) is 22.2. The molecule has 1 aliphatic heterocycles. The van der Waals surface area contributed by atoms with E-state index in [0.717, 1.165) is 40.1 Å². The number of thioether (sulfide) groups is 1. The van der Waals surface area contributed by atoms with Crippen molar-refractivity contribution >= 4 is 34.7 Å². The molecule has 0 bridgehead atoms. The maximum absolute atomic E-state index is 13.4. The molecule has 1 atom stereocenters. The van der Waals surface area contributed by atoms with E-state index >= 15 is 0 Å². The molecule has 0 spiro atoms. The highest BCUT2D eigenvalue weighted by molar-refractivity contribution is 7.99. The van der Waals surface area contributed by atoms with Crippen LogP contribution in [0.15, 0.2) is 80.9 Å². The molecular formula is C24H21N5O2S2. The Morgan fingerprint density at radius 1 is 1.09 bits per heavy atom. The fourth-order valence-corrected chi connectivity index (χ4v) is 5.65. The number of carbonyl (C=O) groups is 1. The third-order valence-electron chi connectivity index (χ3n) is 5.78. The second-order valence-electron chi connectivity index (χ2n) is 8.07. The molecule has 4 heterocycles. The van der Waals surface area contributed by atoms with Gasteiger partial charge in [-0.15, -0.1) is 21.5 Å². The highest BCUT2D eigenvalue weighted by Gasteiger charge is 2.35. The average Bonchev–Trinajstić information content (AvgIpc) is 3.34. The Kier molecular flexibility index (Phi) is 5.35. The van der Waals surface area contributed by atoms with Gasteiger partial charge < -0.3 is 4.42 Å². The summed E-state index contributed by atoms with van der Waals surface area (Å²) in [6, 6.07) is 17.8. The van der Waals surface area contributed by atoms with Crippen LogP contribution in [-0.2, 0) is 4.79 Å². The topological polar surface area (TPSA) is 76.5 Å². The molecule has 3 aromatic heterocycles. The van der Waals surface area contributed by atoms with Crippen LogP contribution in [0.1, 0.15) is 47.7 Å².